The number of nitrogens with one attached hydrogen (secondary N) is 2. The van der Waals surface area contributed by atoms with Gasteiger partial charge in [-0.2, -0.15) is 0 Å². The number of ether oxygens (including phenoxy) is 1. The molecule has 5 heteroatoms. The molecule has 2 aromatic carbocycles. The molecule has 23 heavy (non-hydrogen) atoms. The van der Waals surface area contributed by atoms with Crippen LogP contribution in [0.3, 0.4) is 0 Å². The van der Waals surface area contributed by atoms with Crippen LogP contribution in [0.1, 0.15) is 16.7 Å². The Bertz CT molecular complexity index is 700. The molecule has 3 rings (SSSR count). The minimum absolute atomic E-state index is 0.178. The normalized spacial score (nSPS) is 16.7. The van der Waals surface area contributed by atoms with Gasteiger partial charge in [-0.1, -0.05) is 54.6 Å². The van der Waals surface area contributed by atoms with Crippen LogP contribution < -0.4 is 10.6 Å². The molecule has 1 aliphatic rings. The molecule has 0 fully saturated rings. The molecular weight excluding hydrogens is 292 g/mol. The molecule has 0 saturated carbocycles. The van der Waals surface area contributed by atoms with Crippen LogP contribution in [0.25, 0.3) is 0 Å². The van der Waals surface area contributed by atoms with Gasteiger partial charge >= 0.3 is 6.09 Å². The fourth-order valence-electron chi connectivity index (χ4n) is 2.57. The Morgan fingerprint density at radius 1 is 1.09 bits per heavy atom. The van der Waals surface area contributed by atoms with Crippen molar-refractivity contribution in [1.29, 1.82) is 0 Å². The summed E-state index contributed by atoms with van der Waals surface area (Å²) in [5, 5.41) is 5.47. The lowest BCUT2D eigenvalue weighted by Crippen LogP contribution is -2.46. The van der Waals surface area contributed by atoms with Gasteiger partial charge in [0.15, 0.2) is 0 Å². The van der Waals surface area contributed by atoms with Gasteiger partial charge in [-0.25, -0.2) is 4.79 Å². The third-order valence-corrected chi connectivity index (χ3v) is 3.82. The van der Waals surface area contributed by atoms with Gasteiger partial charge in [-0.3, -0.25) is 4.79 Å². The second kappa shape index (κ2) is 6.96. The zero-order valence-electron chi connectivity index (χ0n) is 12.6. The van der Waals surface area contributed by atoms with Crippen molar-refractivity contribution < 1.29 is 14.3 Å². The molecule has 2 aromatic rings. The van der Waals surface area contributed by atoms with Crippen LogP contribution in [0.2, 0.25) is 0 Å². The highest BCUT2D eigenvalue weighted by molar-refractivity contribution is 5.86. The number of alkyl carbamates (subject to hydrolysis) is 1. The smallest absolute Gasteiger partial charge is 0.408 e. The van der Waals surface area contributed by atoms with E-state index in [1.807, 2.05) is 54.6 Å². The van der Waals surface area contributed by atoms with Crippen molar-refractivity contribution in [3.05, 3.63) is 71.3 Å². The van der Waals surface area contributed by atoms with Gasteiger partial charge in [0.2, 0.25) is 5.91 Å². The highest BCUT2D eigenvalue weighted by Gasteiger charge is 2.25. The van der Waals surface area contributed by atoms with E-state index in [-0.39, 0.29) is 12.5 Å². The van der Waals surface area contributed by atoms with E-state index in [9.17, 15) is 9.59 Å². The Labute approximate surface area is 134 Å². The van der Waals surface area contributed by atoms with Crippen LogP contribution in [-0.2, 0) is 29.1 Å². The summed E-state index contributed by atoms with van der Waals surface area (Å²) in [5.74, 6) is -0.196. The van der Waals surface area contributed by atoms with Crippen molar-refractivity contribution in [2.75, 3.05) is 0 Å². The van der Waals surface area contributed by atoms with Gasteiger partial charge in [-0.05, 0) is 16.7 Å². The third-order valence-electron chi connectivity index (χ3n) is 3.82. The van der Waals surface area contributed by atoms with Crippen molar-refractivity contribution in [3.8, 4) is 0 Å². The lowest BCUT2D eigenvalue weighted by Gasteiger charge is -2.15. The zero-order valence-corrected chi connectivity index (χ0v) is 12.6. The largest absolute Gasteiger partial charge is 0.445 e. The second-order valence-corrected chi connectivity index (χ2v) is 5.45. The second-order valence-electron chi connectivity index (χ2n) is 5.45. The third kappa shape index (κ3) is 3.88. The lowest BCUT2D eigenvalue weighted by molar-refractivity contribution is -0.123. The molecule has 0 saturated heterocycles. The van der Waals surface area contributed by atoms with E-state index in [4.69, 9.17) is 4.74 Å². The molecular formula is C18H18N2O3. The van der Waals surface area contributed by atoms with E-state index in [0.717, 1.165) is 16.7 Å². The number of benzene rings is 2. The van der Waals surface area contributed by atoms with E-state index in [0.29, 0.717) is 13.0 Å². The maximum atomic E-state index is 12.1. The Kier molecular flexibility index (Phi) is 4.57. The van der Waals surface area contributed by atoms with Crippen molar-refractivity contribution in [2.24, 2.45) is 0 Å². The number of hydrogen-bond acceptors (Lipinski definition) is 3. The Morgan fingerprint density at radius 2 is 1.78 bits per heavy atom. The molecule has 5 nitrogen and oxygen atoms in total. The highest BCUT2D eigenvalue weighted by atomic mass is 16.5. The Balaban J connectivity index is 1.60. The van der Waals surface area contributed by atoms with Gasteiger partial charge in [0.1, 0.15) is 12.6 Å². The number of carbonyl (C=O) groups excluding carboxylic acids is 2. The Hall–Kier alpha value is -2.82. The maximum Gasteiger partial charge on any atom is 0.408 e. The van der Waals surface area contributed by atoms with Crippen molar-refractivity contribution in [1.82, 2.24) is 10.6 Å². The summed E-state index contributed by atoms with van der Waals surface area (Å²) in [6, 6.07) is 16.6. The minimum atomic E-state index is -0.623. The standard InChI is InChI=1S/C18H18N2O3/c21-17-16(10-14-8-4-5-9-15(14)11-19-17)20-18(22)23-12-13-6-2-1-3-7-13/h1-9,16H,10-12H2,(H,19,21)(H,20,22)/t16-/m1/s1. The summed E-state index contributed by atoms with van der Waals surface area (Å²) in [6.07, 6.45) is -0.129. The van der Waals surface area contributed by atoms with Gasteiger partial charge in [0.25, 0.3) is 0 Å². The van der Waals surface area contributed by atoms with Crippen molar-refractivity contribution in [3.63, 3.8) is 0 Å². The van der Waals surface area contributed by atoms with Crippen LogP contribution >= 0.6 is 0 Å². The number of carbonyl (C=O) groups is 2. The van der Waals surface area contributed by atoms with Crippen LogP contribution in [0, 0.1) is 0 Å². The van der Waals surface area contributed by atoms with E-state index >= 15 is 0 Å². The molecule has 0 bridgehead atoms. The fraction of sp³-hybridized carbons (Fsp3) is 0.222. The Morgan fingerprint density at radius 3 is 2.57 bits per heavy atom. The monoisotopic (exact) mass is 310 g/mol. The van der Waals surface area contributed by atoms with E-state index in [1.165, 1.54) is 0 Å². The molecule has 0 aliphatic carbocycles. The van der Waals surface area contributed by atoms with Crippen LogP contribution in [0.4, 0.5) is 4.79 Å². The summed E-state index contributed by atoms with van der Waals surface area (Å²) >= 11 is 0. The molecule has 0 unspecified atom stereocenters. The quantitative estimate of drug-likeness (QED) is 0.913. The van der Waals surface area contributed by atoms with Gasteiger partial charge < -0.3 is 15.4 Å². The maximum absolute atomic E-state index is 12.1. The first kappa shape index (κ1) is 15.1. The number of rotatable bonds is 3. The van der Waals surface area contributed by atoms with Crippen LogP contribution in [0.5, 0.6) is 0 Å². The van der Waals surface area contributed by atoms with Crippen molar-refractivity contribution in [2.45, 2.75) is 25.6 Å². The predicted molar refractivity (Wildman–Crippen MR) is 85.5 cm³/mol. The SMILES string of the molecule is O=C(N[C@@H]1Cc2ccccc2CNC1=O)OCc1ccccc1. The van der Waals surface area contributed by atoms with Crippen LogP contribution in [-0.4, -0.2) is 18.0 Å². The molecule has 1 heterocycles. The first-order valence-electron chi connectivity index (χ1n) is 7.54. The first-order valence-corrected chi connectivity index (χ1v) is 7.54. The number of fused-ring (bicyclic) bond motifs is 1. The predicted octanol–water partition coefficient (Wildman–Crippen LogP) is 2.15. The van der Waals surface area contributed by atoms with E-state index in [2.05, 4.69) is 10.6 Å². The van der Waals surface area contributed by atoms with Gasteiger partial charge in [0.05, 0.1) is 0 Å². The minimum Gasteiger partial charge on any atom is -0.445 e. The van der Waals surface area contributed by atoms with Crippen molar-refractivity contribution >= 4 is 12.0 Å². The fourth-order valence-corrected chi connectivity index (χ4v) is 2.57. The summed E-state index contributed by atoms with van der Waals surface area (Å²) in [6.45, 7) is 0.657. The molecule has 1 aliphatic heterocycles. The van der Waals surface area contributed by atoms with Crippen LogP contribution in [0.15, 0.2) is 54.6 Å². The first-order chi connectivity index (χ1) is 11.2. The van der Waals surface area contributed by atoms with E-state index in [1.54, 1.807) is 0 Å². The summed E-state index contributed by atoms with van der Waals surface area (Å²) in [5.41, 5.74) is 3.03. The summed E-state index contributed by atoms with van der Waals surface area (Å²) < 4.78 is 5.18. The highest BCUT2D eigenvalue weighted by Crippen LogP contribution is 2.14. The zero-order chi connectivity index (χ0) is 16.1. The summed E-state index contributed by atoms with van der Waals surface area (Å²) in [7, 11) is 0. The molecule has 0 spiro atoms. The van der Waals surface area contributed by atoms with E-state index < -0.39 is 12.1 Å². The van der Waals surface area contributed by atoms with Gasteiger partial charge in [-0.15, -0.1) is 0 Å². The van der Waals surface area contributed by atoms with Gasteiger partial charge in [0, 0.05) is 13.0 Å². The molecule has 2 amide bonds. The number of amides is 2. The molecule has 2 N–H and O–H groups in total. The molecule has 118 valence electrons. The molecule has 0 aromatic heterocycles. The number of hydrogen-bond donors (Lipinski definition) is 2. The average molecular weight is 310 g/mol. The lowest BCUT2D eigenvalue weighted by atomic mass is 10.0. The topological polar surface area (TPSA) is 67.4 Å². The summed E-state index contributed by atoms with van der Waals surface area (Å²) in [4.78, 5) is 24.1. The molecule has 1 atom stereocenters. The molecule has 0 radical (unpaired) electrons. The average Bonchev–Trinajstić information content (AvgIpc) is 2.74.